The molecule has 0 saturated carbocycles. The summed E-state index contributed by atoms with van der Waals surface area (Å²) in [6.45, 7) is 4.27. The zero-order valence-corrected chi connectivity index (χ0v) is 8.43. The average Bonchev–Trinajstić information content (AvgIpc) is 2.06. The number of hydrogen-bond acceptors (Lipinski definition) is 0. The van der Waals surface area contributed by atoms with E-state index in [1.54, 1.807) is 12.1 Å². The summed E-state index contributed by atoms with van der Waals surface area (Å²) in [5.41, 5.74) is 1.74. The Labute approximate surface area is 83.3 Å². The summed E-state index contributed by atoms with van der Waals surface area (Å²) in [4.78, 5) is 0. The monoisotopic (exact) mass is 196 g/mol. The van der Waals surface area contributed by atoms with Gasteiger partial charge in [-0.1, -0.05) is 38.1 Å². The van der Waals surface area contributed by atoms with E-state index in [4.69, 9.17) is 0 Å². The van der Waals surface area contributed by atoms with E-state index in [0.29, 0.717) is 11.5 Å². The van der Waals surface area contributed by atoms with Gasteiger partial charge in [0.05, 0.1) is 0 Å². The van der Waals surface area contributed by atoms with E-state index in [0.717, 1.165) is 12.5 Å². The molecule has 14 heavy (non-hydrogen) atoms. The molecule has 0 N–H and O–H groups in total. The van der Waals surface area contributed by atoms with E-state index in [1.807, 2.05) is 12.1 Å². The first kappa shape index (κ1) is 10.9. The van der Waals surface area contributed by atoms with E-state index in [-0.39, 0.29) is 0 Å². The predicted molar refractivity (Wildman–Crippen MR) is 55.2 cm³/mol. The predicted octanol–water partition coefficient (Wildman–Crippen LogP) is 4.12. The molecule has 76 valence electrons. The Hall–Kier alpha value is -1.18. The van der Waals surface area contributed by atoms with Gasteiger partial charge in [0.15, 0.2) is 0 Å². The van der Waals surface area contributed by atoms with Crippen molar-refractivity contribution in [3.63, 3.8) is 0 Å². The maximum absolute atomic E-state index is 11.9. The fourth-order valence-corrected chi connectivity index (χ4v) is 1.35. The highest BCUT2D eigenvalue weighted by molar-refractivity contribution is 5.50. The first-order chi connectivity index (χ1) is 6.58. The van der Waals surface area contributed by atoms with E-state index < -0.39 is 6.08 Å². The van der Waals surface area contributed by atoms with Crippen LogP contribution in [-0.2, 0) is 6.42 Å². The third kappa shape index (κ3) is 3.69. The normalized spacial score (nSPS) is 10.4. The molecule has 0 amide bonds. The van der Waals surface area contributed by atoms with Gasteiger partial charge in [0.25, 0.3) is 6.08 Å². The van der Waals surface area contributed by atoms with Gasteiger partial charge in [-0.15, -0.1) is 0 Å². The minimum atomic E-state index is -1.65. The Morgan fingerprint density at radius 3 is 2.21 bits per heavy atom. The standard InChI is InChI=1S/C12H14F2/c1-9(2)7-10-3-5-11(6-4-10)8-12(13)14/h3-6,8-9H,7H2,1-2H3. The summed E-state index contributed by atoms with van der Waals surface area (Å²) >= 11 is 0. The van der Waals surface area contributed by atoms with Gasteiger partial charge in [-0.05, 0) is 23.5 Å². The number of halogens is 2. The Kier molecular flexibility index (Phi) is 3.81. The SMILES string of the molecule is CC(C)Cc1ccc(C=C(F)F)cc1. The number of rotatable bonds is 3. The quantitative estimate of drug-likeness (QED) is 0.682. The van der Waals surface area contributed by atoms with Crippen LogP contribution in [-0.4, -0.2) is 0 Å². The lowest BCUT2D eigenvalue weighted by atomic mass is 10.0. The van der Waals surface area contributed by atoms with E-state index >= 15 is 0 Å². The van der Waals surface area contributed by atoms with Crippen LogP contribution >= 0.6 is 0 Å². The second-order valence-electron chi connectivity index (χ2n) is 3.77. The minimum Gasteiger partial charge on any atom is -0.173 e. The summed E-state index contributed by atoms with van der Waals surface area (Å²) in [6, 6.07) is 7.23. The third-order valence-corrected chi connectivity index (χ3v) is 1.90. The Morgan fingerprint density at radius 2 is 1.79 bits per heavy atom. The van der Waals surface area contributed by atoms with Crippen LogP contribution in [0.15, 0.2) is 30.3 Å². The summed E-state index contributed by atoms with van der Waals surface area (Å²) in [7, 11) is 0. The van der Waals surface area contributed by atoms with Crippen LogP contribution in [0.25, 0.3) is 6.08 Å². The maximum Gasteiger partial charge on any atom is 0.270 e. The number of benzene rings is 1. The second-order valence-corrected chi connectivity index (χ2v) is 3.77. The van der Waals surface area contributed by atoms with Crippen LogP contribution in [0.2, 0.25) is 0 Å². The van der Waals surface area contributed by atoms with Crippen molar-refractivity contribution in [1.82, 2.24) is 0 Å². The van der Waals surface area contributed by atoms with E-state index in [1.165, 1.54) is 5.56 Å². The zero-order valence-electron chi connectivity index (χ0n) is 8.43. The highest BCUT2D eigenvalue weighted by atomic mass is 19.3. The van der Waals surface area contributed by atoms with Gasteiger partial charge in [0.1, 0.15) is 0 Å². The molecule has 0 fully saturated rings. The van der Waals surface area contributed by atoms with Crippen LogP contribution in [0.5, 0.6) is 0 Å². The fourth-order valence-electron chi connectivity index (χ4n) is 1.35. The first-order valence-electron chi connectivity index (χ1n) is 4.69. The molecule has 1 rings (SSSR count). The maximum atomic E-state index is 11.9. The highest BCUT2D eigenvalue weighted by Gasteiger charge is 1.97. The Bertz CT molecular complexity index is 306. The minimum absolute atomic E-state index is 0.553. The second kappa shape index (κ2) is 4.89. The lowest BCUT2D eigenvalue weighted by Gasteiger charge is -2.04. The molecule has 0 aliphatic rings. The molecule has 0 nitrogen and oxygen atoms in total. The van der Waals surface area contributed by atoms with Crippen molar-refractivity contribution in [2.24, 2.45) is 5.92 Å². The molecule has 0 radical (unpaired) electrons. The van der Waals surface area contributed by atoms with Gasteiger partial charge >= 0.3 is 0 Å². The lowest BCUT2D eigenvalue weighted by Crippen LogP contribution is -1.93. The van der Waals surface area contributed by atoms with Crippen molar-refractivity contribution < 1.29 is 8.78 Å². The van der Waals surface area contributed by atoms with Gasteiger partial charge in [0.2, 0.25) is 0 Å². The fraction of sp³-hybridized carbons (Fsp3) is 0.333. The Balaban J connectivity index is 2.74. The molecular formula is C12H14F2. The zero-order chi connectivity index (χ0) is 10.6. The lowest BCUT2D eigenvalue weighted by molar-refractivity contribution is 0.429. The first-order valence-corrected chi connectivity index (χ1v) is 4.69. The van der Waals surface area contributed by atoms with E-state index in [9.17, 15) is 8.78 Å². The van der Waals surface area contributed by atoms with Crippen molar-refractivity contribution in [2.45, 2.75) is 20.3 Å². The highest BCUT2D eigenvalue weighted by Crippen LogP contribution is 2.13. The molecule has 0 aliphatic heterocycles. The Morgan fingerprint density at radius 1 is 1.21 bits per heavy atom. The van der Waals surface area contributed by atoms with Crippen LogP contribution in [0.4, 0.5) is 8.78 Å². The van der Waals surface area contributed by atoms with Crippen molar-refractivity contribution in [3.05, 3.63) is 41.5 Å². The summed E-state index contributed by atoms with van der Waals surface area (Å²) < 4.78 is 23.8. The van der Waals surface area contributed by atoms with Gasteiger partial charge < -0.3 is 0 Å². The van der Waals surface area contributed by atoms with Crippen molar-refractivity contribution in [1.29, 1.82) is 0 Å². The molecule has 0 heterocycles. The van der Waals surface area contributed by atoms with Crippen LogP contribution in [0, 0.1) is 5.92 Å². The molecule has 0 aromatic heterocycles. The van der Waals surface area contributed by atoms with Crippen LogP contribution < -0.4 is 0 Å². The van der Waals surface area contributed by atoms with Crippen molar-refractivity contribution >= 4 is 6.08 Å². The summed E-state index contributed by atoms with van der Waals surface area (Å²) in [6.07, 6.45) is 0.211. The largest absolute Gasteiger partial charge is 0.270 e. The molecule has 0 atom stereocenters. The van der Waals surface area contributed by atoms with E-state index in [2.05, 4.69) is 13.8 Å². The van der Waals surface area contributed by atoms with Crippen LogP contribution in [0.3, 0.4) is 0 Å². The molecule has 0 bridgehead atoms. The van der Waals surface area contributed by atoms with Gasteiger partial charge in [-0.3, -0.25) is 0 Å². The summed E-state index contributed by atoms with van der Waals surface area (Å²) in [5, 5.41) is 0. The van der Waals surface area contributed by atoms with Crippen LogP contribution in [0.1, 0.15) is 25.0 Å². The van der Waals surface area contributed by atoms with Crippen molar-refractivity contribution in [3.8, 4) is 0 Å². The van der Waals surface area contributed by atoms with Gasteiger partial charge in [-0.2, -0.15) is 8.78 Å². The molecule has 0 unspecified atom stereocenters. The molecule has 0 saturated heterocycles. The topological polar surface area (TPSA) is 0 Å². The summed E-state index contributed by atoms with van der Waals surface area (Å²) in [5.74, 6) is 0.592. The van der Waals surface area contributed by atoms with Gasteiger partial charge in [0, 0.05) is 6.08 Å². The molecule has 1 aromatic rings. The third-order valence-electron chi connectivity index (χ3n) is 1.90. The van der Waals surface area contributed by atoms with Gasteiger partial charge in [-0.25, -0.2) is 0 Å². The molecule has 2 heteroatoms. The number of hydrogen-bond donors (Lipinski definition) is 0. The molecular weight excluding hydrogens is 182 g/mol. The molecule has 1 aromatic carbocycles. The molecule has 0 spiro atoms. The average molecular weight is 196 g/mol. The van der Waals surface area contributed by atoms with Crippen molar-refractivity contribution in [2.75, 3.05) is 0 Å². The molecule has 0 aliphatic carbocycles. The smallest absolute Gasteiger partial charge is 0.173 e.